The Hall–Kier alpha value is -1.69. The molecule has 1 aromatic rings. The minimum Gasteiger partial charge on any atom is -0.497 e. The molecule has 0 unspecified atom stereocenters. The zero-order valence-electron chi connectivity index (χ0n) is 12.1. The second kappa shape index (κ2) is 5.26. The summed E-state index contributed by atoms with van der Waals surface area (Å²) in [7, 11) is 1.60. The molecule has 0 aromatic heterocycles. The van der Waals surface area contributed by atoms with Gasteiger partial charge in [0.2, 0.25) is 11.8 Å². The van der Waals surface area contributed by atoms with Crippen LogP contribution in [0.4, 0.5) is 5.69 Å². The van der Waals surface area contributed by atoms with Crippen LogP contribution in [-0.4, -0.2) is 40.5 Å². The van der Waals surface area contributed by atoms with Gasteiger partial charge in [0.15, 0.2) is 0 Å². The fraction of sp³-hybridized carbons (Fsp3) is 0.467. The summed E-state index contributed by atoms with van der Waals surface area (Å²) in [6, 6.07) is 6.80. The largest absolute Gasteiger partial charge is 0.497 e. The summed E-state index contributed by atoms with van der Waals surface area (Å²) in [5.74, 6) is 1.36. The highest BCUT2D eigenvalue weighted by Gasteiger charge is 2.52. The topological polar surface area (TPSA) is 58.6 Å². The average Bonchev–Trinajstić information content (AvgIpc) is 2.97. The van der Waals surface area contributed by atoms with E-state index in [4.69, 9.17) is 4.74 Å². The molecule has 2 atom stereocenters. The lowest BCUT2D eigenvalue weighted by molar-refractivity contribution is -0.135. The van der Waals surface area contributed by atoms with Crippen molar-refractivity contribution in [1.29, 1.82) is 0 Å². The van der Waals surface area contributed by atoms with Crippen LogP contribution in [0.3, 0.4) is 0 Å². The van der Waals surface area contributed by atoms with Crippen molar-refractivity contribution in [3.05, 3.63) is 24.3 Å². The Labute approximate surface area is 128 Å². The van der Waals surface area contributed by atoms with Crippen LogP contribution >= 0.6 is 11.8 Å². The summed E-state index contributed by atoms with van der Waals surface area (Å²) in [5, 5.41) is 2.88. The maximum Gasteiger partial charge on any atom is 0.248 e. The highest BCUT2D eigenvalue weighted by Crippen LogP contribution is 2.47. The average molecular weight is 306 g/mol. The number of carbonyl (C=O) groups excluding carboxylic acids is 2. The van der Waals surface area contributed by atoms with E-state index in [2.05, 4.69) is 5.32 Å². The molecule has 0 radical (unpaired) electrons. The first kappa shape index (κ1) is 14.3. The number of rotatable bonds is 3. The smallest absolute Gasteiger partial charge is 0.248 e. The summed E-state index contributed by atoms with van der Waals surface area (Å²) in [4.78, 5) is 26.0. The van der Waals surface area contributed by atoms with Gasteiger partial charge in [-0.2, -0.15) is 0 Å². The third kappa shape index (κ3) is 2.48. The van der Waals surface area contributed by atoms with Gasteiger partial charge >= 0.3 is 0 Å². The van der Waals surface area contributed by atoms with E-state index in [9.17, 15) is 9.59 Å². The zero-order valence-corrected chi connectivity index (χ0v) is 12.9. The molecule has 3 rings (SSSR count). The fourth-order valence-electron chi connectivity index (χ4n) is 2.91. The maximum atomic E-state index is 12.5. The van der Waals surface area contributed by atoms with Crippen molar-refractivity contribution in [1.82, 2.24) is 4.90 Å². The minimum atomic E-state index is -0.378. The number of carbonyl (C=O) groups is 2. The van der Waals surface area contributed by atoms with Crippen LogP contribution in [0.15, 0.2) is 24.3 Å². The number of fused-ring (bicyclic) bond motifs is 1. The summed E-state index contributed by atoms with van der Waals surface area (Å²) < 4.78 is 5.09. The number of ether oxygens (including phenoxy) is 1. The molecule has 6 heteroatoms. The molecule has 1 N–H and O–H groups in total. The van der Waals surface area contributed by atoms with E-state index in [1.165, 1.54) is 0 Å². The number of anilines is 1. The van der Waals surface area contributed by atoms with E-state index in [0.29, 0.717) is 17.9 Å². The fourth-order valence-corrected chi connectivity index (χ4v) is 4.35. The van der Waals surface area contributed by atoms with Crippen molar-refractivity contribution in [2.24, 2.45) is 0 Å². The van der Waals surface area contributed by atoms with E-state index in [-0.39, 0.29) is 22.7 Å². The van der Waals surface area contributed by atoms with Crippen molar-refractivity contribution in [2.45, 2.75) is 30.7 Å². The standard InChI is InChI=1S/C15H18N2O3S/c1-15-8-7-13(18)17(15)12(9-21-15)14(19)16-10-3-5-11(20-2)6-4-10/h3-6,12H,7-9H2,1-2H3,(H,16,19)/t12-,15+/m0/s1. The Bertz CT molecular complexity index is 575. The van der Waals surface area contributed by atoms with Crippen LogP contribution < -0.4 is 10.1 Å². The molecule has 2 saturated heterocycles. The molecular formula is C15H18N2O3S. The predicted molar refractivity (Wildman–Crippen MR) is 82.4 cm³/mol. The van der Waals surface area contributed by atoms with E-state index in [0.717, 1.165) is 12.2 Å². The Morgan fingerprint density at radius 3 is 2.81 bits per heavy atom. The molecule has 0 saturated carbocycles. The van der Waals surface area contributed by atoms with Crippen molar-refractivity contribution in [3.63, 3.8) is 0 Å². The molecule has 0 spiro atoms. The Morgan fingerprint density at radius 2 is 2.14 bits per heavy atom. The first-order valence-electron chi connectivity index (χ1n) is 6.94. The van der Waals surface area contributed by atoms with Gasteiger partial charge in [-0.15, -0.1) is 11.8 Å². The normalized spacial score (nSPS) is 27.6. The van der Waals surface area contributed by atoms with Gasteiger partial charge in [0.1, 0.15) is 11.8 Å². The number of amides is 2. The van der Waals surface area contributed by atoms with Crippen LogP contribution in [0.25, 0.3) is 0 Å². The summed E-state index contributed by atoms with van der Waals surface area (Å²) in [6.45, 7) is 2.04. The van der Waals surface area contributed by atoms with Crippen LogP contribution in [-0.2, 0) is 9.59 Å². The van der Waals surface area contributed by atoms with Crippen LogP contribution in [0.5, 0.6) is 5.75 Å². The van der Waals surface area contributed by atoms with Gasteiger partial charge in [0.05, 0.1) is 12.0 Å². The Balaban J connectivity index is 1.72. The number of hydrogen-bond acceptors (Lipinski definition) is 4. The van der Waals surface area contributed by atoms with Gasteiger partial charge in [-0.05, 0) is 37.6 Å². The van der Waals surface area contributed by atoms with Crippen LogP contribution in [0, 0.1) is 0 Å². The molecule has 2 fully saturated rings. The van der Waals surface area contributed by atoms with Crippen LogP contribution in [0.1, 0.15) is 19.8 Å². The first-order chi connectivity index (χ1) is 10.0. The predicted octanol–water partition coefficient (Wildman–Crippen LogP) is 2.09. The van der Waals surface area contributed by atoms with E-state index < -0.39 is 0 Å². The van der Waals surface area contributed by atoms with Gasteiger partial charge in [0.25, 0.3) is 0 Å². The quantitative estimate of drug-likeness (QED) is 0.929. The van der Waals surface area contributed by atoms with Crippen molar-refractivity contribution >= 4 is 29.3 Å². The monoisotopic (exact) mass is 306 g/mol. The van der Waals surface area contributed by atoms with Crippen LogP contribution in [0.2, 0.25) is 0 Å². The maximum absolute atomic E-state index is 12.5. The lowest BCUT2D eigenvalue weighted by Crippen LogP contribution is -2.48. The van der Waals surface area contributed by atoms with Gasteiger partial charge < -0.3 is 15.0 Å². The number of methoxy groups -OCH3 is 1. The molecule has 0 bridgehead atoms. The molecule has 2 aliphatic heterocycles. The Kier molecular flexibility index (Phi) is 3.57. The molecule has 21 heavy (non-hydrogen) atoms. The number of hydrogen-bond donors (Lipinski definition) is 1. The van der Waals surface area contributed by atoms with E-state index >= 15 is 0 Å². The second-order valence-electron chi connectivity index (χ2n) is 5.48. The SMILES string of the molecule is COc1ccc(NC(=O)[C@@H]2CS[C@]3(C)CCC(=O)N23)cc1. The molecule has 5 nitrogen and oxygen atoms in total. The molecule has 2 amide bonds. The third-order valence-corrected chi connectivity index (χ3v) is 5.61. The lowest BCUT2D eigenvalue weighted by atomic mass is 10.2. The number of nitrogens with zero attached hydrogens (tertiary/aromatic N) is 1. The van der Waals surface area contributed by atoms with E-state index in [1.807, 2.05) is 6.92 Å². The lowest BCUT2D eigenvalue weighted by Gasteiger charge is -2.29. The molecular weight excluding hydrogens is 288 g/mol. The van der Waals surface area contributed by atoms with Gasteiger partial charge in [0, 0.05) is 17.9 Å². The third-order valence-electron chi connectivity index (χ3n) is 4.11. The molecule has 1 aromatic carbocycles. The number of thioether (sulfide) groups is 1. The summed E-state index contributed by atoms with van der Waals surface area (Å²) >= 11 is 1.70. The highest BCUT2D eigenvalue weighted by atomic mass is 32.2. The van der Waals surface area contributed by atoms with Crippen molar-refractivity contribution < 1.29 is 14.3 Å². The molecule has 2 heterocycles. The Morgan fingerprint density at radius 1 is 1.43 bits per heavy atom. The highest BCUT2D eigenvalue weighted by molar-refractivity contribution is 8.01. The molecule has 0 aliphatic carbocycles. The molecule has 2 aliphatic rings. The summed E-state index contributed by atoms with van der Waals surface area (Å²) in [6.07, 6.45) is 1.36. The van der Waals surface area contributed by atoms with Crippen molar-refractivity contribution in [2.75, 3.05) is 18.2 Å². The van der Waals surface area contributed by atoms with Gasteiger partial charge in [-0.3, -0.25) is 9.59 Å². The zero-order chi connectivity index (χ0) is 15.0. The van der Waals surface area contributed by atoms with E-state index in [1.54, 1.807) is 48.0 Å². The van der Waals surface area contributed by atoms with Gasteiger partial charge in [-0.25, -0.2) is 0 Å². The number of nitrogens with one attached hydrogen (secondary N) is 1. The first-order valence-corrected chi connectivity index (χ1v) is 7.93. The molecule has 112 valence electrons. The van der Waals surface area contributed by atoms with Crippen molar-refractivity contribution in [3.8, 4) is 5.75 Å². The minimum absolute atomic E-state index is 0.0809. The number of benzene rings is 1. The second-order valence-corrected chi connectivity index (χ2v) is 6.98. The van der Waals surface area contributed by atoms with Gasteiger partial charge in [-0.1, -0.05) is 0 Å². The summed E-state index contributed by atoms with van der Waals surface area (Å²) in [5.41, 5.74) is 0.714.